The predicted molar refractivity (Wildman–Crippen MR) is 111 cm³/mol. The van der Waals surface area contributed by atoms with Crippen molar-refractivity contribution in [3.8, 4) is 0 Å². The molecule has 4 rings (SSSR count). The Labute approximate surface area is 154 Å². The fraction of sp³-hybridized carbons (Fsp3) is 0.167. The molecule has 0 bridgehead atoms. The lowest BCUT2D eigenvalue weighted by atomic mass is 9.97. The Hall–Kier alpha value is -2.84. The second-order valence-electron chi connectivity index (χ2n) is 6.85. The molecule has 0 N–H and O–H groups in total. The Balaban J connectivity index is 1.59. The summed E-state index contributed by atoms with van der Waals surface area (Å²) < 4.78 is 6.11. The molecule has 4 aromatic carbocycles. The Kier molecular flexibility index (Phi) is 4.59. The first kappa shape index (κ1) is 16.6. The van der Waals surface area contributed by atoms with Gasteiger partial charge in [0.1, 0.15) is 0 Å². The maximum atomic E-state index is 6.11. The summed E-state index contributed by atoms with van der Waals surface area (Å²) in [7, 11) is 4.11. The van der Waals surface area contributed by atoms with Gasteiger partial charge in [-0.1, -0.05) is 60.7 Å². The summed E-state index contributed by atoms with van der Waals surface area (Å²) in [5.74, 6) is 0. The predicted octanol–water partition coefficient (Wildman–Crippen LogP) is 5.78. The molecule has 0 amide bonds. The zero-order valence-corrected chi connectivity index (χ0v) is 15.3. The van der Waals surface area contributed by atoms with Crippen LogP contribution >= 0.6 is 0 Å². The van der Waals surface area contributed by atoms with Gasteiger partial charge in [-0.25, -0.2) is 0 Å². The van der Waals surface area contributed by atoms with Gasteiger partial charge in [0.05, 0.1) is 13.2 Å². The quantitative estimate of drug-likeness (QED) is 0.427. The highest BCUT2D eigenvalue weighted by Gasteiger charge is 2.07. The van der Waals surface area contributed by atoms with E-state index in [1.807, 2.05) is 0 Å². The molecule has 26 heavy (non-hydrogen) atoms. The second-order valence-corrected chi connectivity index (χ2v) is 6.85. The van der Waals surface area contributed by atoms with Crippen molar-refractivity contribution in [3.63, 3.8) is 0 Å². The average molecular weight is 341 g/mol. The van der Waals surface area contributed by atoms with Crippen molar-refractivity contribution in [2.24, 2.45) is 0 Å². The Morgan fingerprint density at radius 3 is 1.85 bits per heavy atom. The van der Waals surface area contributed by atoms with Crippen molar-refractivity contribution in [2.45, 2.75) is 13.2 Å². The monoisotopic (exact) mass is 341 g/mol. The van der Waals surface area contributed by atoms with Crippen LogP contribution in [-0.4, -0.2) is 14.1 Å². The first-order valence-electron chi connectivity index (χ1n) is 8.96. The molecule has 0 atom stereocenters. The molecule has 0 saturated heterocycles. The number of nitrogens with zero attached hydrogens (tertiary/aromatic N) is 1. The standard InChI is InChI=1S/C24H23NO/c1-25(2)21-13-11-18(12-14-21)16-26-17-24-22-9-5-3-7-19(22)15-20-8-4-6-10-23(20)24/h3-15H,16-17H2,1-2H3. The van der Waals surface area contributed by atoms with Gasteiger partial charge >= 0.3 is 0 Å². The van der Waals surface area contributed by atoms with E-state index in [-0.39, 0.29) is 0 Å². The molecule has 0 spiro atoms. The molecule has 2 heteroatoms. The first-order chi connectivity index (χ1) is 12.7. The summed E-state index contributed by atoms with van der Waals surface area (Å²) in [6.45, 7) is 1.22. The SMILES string of the molecule is CN(C)c1ccc(COCc2c3ccccc3cc3ccccc23)cc1. The van der Waals surface area contributed by atoms with E-state index in [2.05, 4.69) is 97.9 Å². The minimum absolute atomic E-state index is 0.608. The van der Waals surface area contributed by atoms with Gasteiger partial charge in [0.15, 0.2) is 0 Å². The van der Waals surface area contributed by atoms with Crippen molar-refractivity contribution in [3.05, 3.63) is 90.0 Å². The summed E-state index contributed by atoms with van der Waals surface area (Å²) >= 11 is 0. The lowest BCUT2D eigenvalue weighted by Gasteiger charge is -2.14. The van der Waals surface area contributed by atoms with Crippen LogP contribution in [0, 0.1) is 0 Å². The number of rotatable bonds is 5. The normalized spacial score (nSPS) is 11.2. The van der Waals surface area contributed by atoms with E-state index >= 15 is 0 Å². The van der Waals surface area contributed by atoms with Crippen LogP contribution in [-0.2, 0) is 18.0 Å². The smallest absolute Gasteiger partial charge is 0.0733 e. The van der Waals surface area contributed by atoms with E-state index in [1.165, 1.54) is 38.4 Å². The molecule has 0 radical (unpaired) electrons. The zero-order valence-electron chi connectivity index (χ0n) is 15.3. The summed E-state index contributed by atoms with van der Waals surface area (Å²) in [4.78, 5) is 2.10. The second kappa shape index (κ2) is 7.19. The largest absolute Gasteiger partial charge is 0.378 e. The number of hydrogen-bond donors (Lipinski definition) is 0. The van der Waals surface area contributed by atoms with Crippen molar-refractivity contribution < 1.29 is 4.74 Å². The summed E-state index contributed by atoms with van der Waals surface area (Å²) in [5.41, 5.74) is 3.66. The van der Waals surface area contributed by atoms with Gasteiger partial charge in [-0.3, -0.25) is 0 Å². The van der Waals surface area contributed by atoms with Crippen molar-refractivity contribution in [1.82, 2.24) is 0 Å². The van der Waals surface area contributed by atoms with Crippen LogP contribution in [0.1, 0.15) is 11.1 Å². The molecule has 0 unspecified atom stereocenters. The molecule has 0 aliphatic rings. The molecule has 0 aliphatic carbocycles. The highest BCUT2D eigenvalue weighted by atomic mass is 16.5. The van der Waals surface area contributed by atoms with E-state index in [0.717, 1.165) is 0 Å². The molecule has 0 heterocycles. The molecule has 4 aromatic rings. The van der Waals surface area contributed by atoms with Crippen LogP contribution < -0.4 is 4.90 Å². The minimum atomic E-state index is 0.608. The lowest BCUT2D eigenvalue weighted by molar-refractivity contribution is 0.109. The lowest BCUT2D eigenvalue weighted by Crippen LogP contribution is -2.08. The first-order valence-corrected chi connectivity index (χ1v) is 8.96. The Morgan fingerprint density at radius 2 is 1.27 bits per heavy atom. The van der Waals surface area contributed by atoms with Crippen LogP contribution in [0.4, 0.5) is 5.69 Å². The third-order valence-corrected chi connectivity index (χ3v) is 4.85. The molecule has 0 aromatic heterocycles. The van der Waals surface area contributed by atoms with Gasteiger partial charge in [0, 0.05) is 19.8 Å². The van der Waals surface area contributed by atoms with E-state index in [9.17, 15) is 0 Å². The van der Waals surface area contributed by atoms with Gasteiger partial charge in [-0.15, -0.1) is 0 Å². The zero-order chi connectivity index (χ0) is 17.9. The maximum absolute atomic E-state index is 6.11. The van der Waals surface area contributed by atoms with Gasteiger partial charge in [0.2, 0.25) is 0 Å². The van der Waals surface area contributed by atoms with Gasteiger partial charge < -0.3 is 9.64 Å². The maximum Gasteiger partial charge on any atom is 0.0733 e. The van der Waals surface area contributed by atoms with Gasteiger partial charge in [0.25, 0.3) is 0 Å². The highest BCUT2D eigenvalue weighted by Crippen LogP contribution is 2.29. The minimum Gasteiger partial charge on any atom is -0.378 e. The highest BCUT2D eigenvalue weighted by molar-refractivity contribution is 6.02. The van der Waals surface area contributed by atoms with Crippen LogP contribution in [0.2, 0.25) is 0 Å². The summed E-state index contributed by atoms with van der Waals surface area (Å²) in [6, 6.07) is 27.9. The summed E-state index contributed by atoms with van der Waals surface area (Å²) in [5, 5.41) is 5.07. The van der Waals surface area contributed by atoms with Gasteiger partial charge in [-0.05, 0) is 50.9 Å². The molecular weight excluding hydrogens is 318 g/mol. The van der Waals surface area contributed by atoms with E-state index in [0.29, 0.717) is 13.2 Å². The van der Waals surface area contributed by atoms with Crippen molar-refractivity contribution >= 4 is 27.2 Å². The Bertz CT molecular complexity index is 981. The third kappa shape index (κ3) is 3.29. The number of anilines is 1. The van der Waals surface area contributed by atoms with Crippen LogP contribution in [0.15, 0.2) is 78.9 Å². The van der Waals surface area contributed by atoms with E-state index in [4.69, 9.17) is 4.74 Å². The number of ether oxygens (including phenoxy) is 1. The number of hydrogen-bond acceptors (Lipinski definition) is 2. The fourth-order valence-corrected chi connectivity index (χ4v) is 3.42. The molecule has 0 saturated carbocycles. The molecular formula is C24H23NO. The van der Waals surface area contributed by atoms with Crippen molar-refractivity contribution in [1.29, 1.82) is 0 Å². The topological polar surface area (TPSA) is 12.5 Å². The fourth-order valence-electron chi connectivity index (χ4n) is 3.42. The van der Waals surface area contributed by atoms with Crippen LogP contribution in [0.25, 0.3) is 21.5 Å². The van der Waals surface area contributed by atoms with E-state index in [1.54, 1.807) is 0 Å². The molecule has 130 valence electrons. The van der Waals surface area contributed by atoms with E-state index < -0.39 is 0 Å². The Morgan fingerprint density at radius 1 is 0.692 bits per heavy atom. The molecule has 0 aliphatic heterocycles. The third-order valence-electron chi connectivity index (χ3n) is 4.85. The van der Waals surface area contributed by atoms with Crippen molar-refractivity contribution in [2.75, 3.05) is 19.0 Å². The number of benzene rings is 4. The molecule has 0 fully saturated rings. The van der Waals surface area contributed by atoms with Gasteiger partial charge in [-0.2, -0.15) is 0 Å². The molecule has 2 nitrogen and oxygen atoms in total. The summed E-state index contributed by atoms with van der Waals surface area (Å²) in [6.07, 6.45) is 0. The van der Waals surface area contributed by atoms with Crippen LogP contribution in [0.3, 0.4) is 0 Å². The number of fused-ring (bicyclic) bond motifs is 2. The average Bonchev–Trinajstić information content (AvgIpc) is 2.68. The van der Waals surface area contributed by atoms with Crippen LogP contribution in [0.5, 0.6) is 0 Å².